The fraction of sp³-hybridized carbons (Fsp3) is 0.333. The summed E-state index contributed by atoms with van der Waals surface area (Å²) in [4.78, 5) is 18.3. The third kappa shape index (κ3) is 4.76. The zero-order chi connectivity index (χ0) is 19.3. The normalized spacial score (nSPS) is 12.7. The van der Waals surface area contributed by atoms with E-state index in [-0.39, 0.29) is 29.0 Å². The smallest absolute Gasteiger partial charge is 0.329 e. The Kier molecular flexibility index (Phi) is 6.24. The second kappa shape index (κ2) is 8.39. The molecule has 4 N–H and O–H groups in total. The van der Waals surface area contributed by atoms with E-state index in [1.165, 1.54) is 6.07 Å². The SMILES string of the molecule is CC(C)[C@H](C(=O)Oc1cc(N=Nc2ccccc2)c(N)nc1N)N(C)C. The number of likely N-dealkylation sites (N-methyl/N-ethyl adjacent to an activating group) is 1. The topological polar surface area (TPSA) is 119 Å². The van der Waals surface area contributed by atoms with Crippen molar-refractivity contribution in [2.45, 2.75) is 19.9 Å². The van der Waals surface area contributed by atoms with Crippen LogP contribution in [-0.4, -0.2) is 36.0 Å². The maximum absolute atomic E-state index is 12.5. The third-order valence-corrected chi connectivity index (χ3v) is 3.69. The number of hydrogen-bond donors (Lipinski definition) is 2. The maximum Gasteiger partial charge on any atom is 0.329 e. The highest BCUT2D eigenvalue weighted by atomic mass is 16.5. The molecule has 1 heterocycles. The summed E-state index contributed by atoms with van der Waals surface area (Å²) in [6.07, 6.45) is 0. The second-order valence-electron chi connectivity index (χ2n) is 6.39. The highest BCUT2D eigenvalue weighted by Crippen LogP contribution is 2.32. The number of benzene rings is 1. The van der Waals surface area contributed by atoms with Gasteiger partial charge >= 0.3 is 5.97 Å². The Bertz CT molecular complexity index is 782. The Labute approximate surface area is 152 Å². The summed E-state index contributed by atoms with van der Waals surface area (Å²) in [5, 5.41) is 8.17. The van der Waals surface area contributed by atoms with Crippen LogP contribution >= 0.6 is 0 Å². The second-order valence-corrected chi connectivity index (χ2v) is 6.39. The van der Waals surface area contributed by atoms with Crippen LogP contribution in [0.5, 0.6) is 5.75 Å². The summed E-state index contributed by atoms with van der Waals surface area (Å²) < 4.78 is 5.45. The van der Waals surface area contributed by atoms with Gasteiger partial charge in [-0.2, -0.15) is 5.11 Å². The lowest BCUT2D eigenvalue weighted by Crippen LogP contribution is -2.42. The number of nitrogens with two attached hydrogens (primary N) is 2. The molecule has 8 nitrogen and oxygen atoms in total. The van der Waals surface area contributed by atoms with Gasteiger partial charge in [0.05, 0.1) is 5.69 Å². The van der Waals surface area contributed by atoms with Crippen LogP contribution in [0.3, 0.4) is 0 Å². The van der Waals surface area contributed by atoms with Gasteiger partial charge in [-0.15, -0.1) is 5.11 Å². The minimum absolute atomic E-state index is 0.0239. The molecule has 0 aliphatic heterocycles. The van der Waals surface area contributed by atoms with Gasteiger partial charge in [-0.05, 0) is 32.1 Å². The van der Waals surface area contributed by atoms with Crippen LogP contribution in [-0.2, 0) is 4.79 Å². The molecule has 138 valence electrons. The Hall–Kier alpha value is -3.00. The van der Waals surface area contributed by atoms with E-state index in [1.807, 2.05) is 46.1 Å². The number of anilines is 2. The standard InChI is InChI=1S/C18H24N6O2/c1-11(2)15(24(3)4)18(25)26-14-10-13(16(19)21-17(14)20)23-22-12-8-6-5-7-9-12/h5-11,15H,1-4H3,(H4,19,20,21)/t15-/m1/s1. The Morgan fingerprint density at radius 1 is 1.12 bits per heavy atom. The van der Waals surface area contributed by atoms with E-state index in [1.54, 1.807) is 17.0 Å². The van der Waals surface area contributed by atoms with Crippen LogP contribution in [0.25, 0.3) is 0 Å². The number of pyridine rings is 1. The molecule has 0 bridgehead atoms. The molecule has 2 rings (SSSR count). The predicted octanol–water partition coefficient (Wildman–Crippen LogP) is 3.15. The number of carbonyl (C=O) groups is 1. The van der Waals surface area contributed by atoms with Gasteiger partial charge in [-0.25, -0.2) is 9.78 Å². The van der Waals surface area contributed by atoms with Gasteiger partial charge in [0, 0.05) is 6.07 Å². The summed E-state index contributed by atoms with van der Waals surface area (Å²) >= 11 is 0. The molecule has 26 heavy (non-hydrogen) atoms. The van der Waals surface area contributed by atoms with E-state index < -0.39 is 12.0 Å². The molecule has 0 saturated carbocycles. The quantitative estimate of drug-likeness (QED) is 0.606. The summed E-state index contributed by atoms with van der Waals surface area (Å²) in [6.45, 7) is 3.88. The van der Waals surface area contributed by atoms with Crippen molar-refractivity contribution < 1.29 is 9.53 Å². The predicted molar refractivity (Wildman–Crippen MR) is 102 cm³/mol. The number of hydrogen-bond acceptors (Lipinski definition) is 8. The van der Waals surface area contributed by atoms with Crippen LogP contribution < -0.4 is 16.2 Å². The van der Waals surface area contributed by atoms with Crippen molar-refractivity contribution in [3.8, 4) is 5.75 Å². The van der Waals surface area contributed by atoms with Gasteiger partial charge in [0.15, 0.2) is 17.4 Å². The molecule has 8 heteroatoms. The molecule has 0 radical (unpaired) electrons. The van der Waals surface area contributed by atoms with Crippen molar-refractivity contribution >= 4 is 29.0 Å². The monoisotopic (exact) mass is 356 g/mol. The lowest BCUT2D eigenvalue weighted by atomic mass is 10.0. The van der Waals surface area contributed by atoms with Crippen molar-refractivity contribution in [1.29, 1.82) is 0 Å². The summed E-state index contributed by atoms with van der Waals surface area (Å²) in [5.74, 6) is -0.114. The van der Waals surface area contributed by atoms with Crippen molar-refractivity contribution in [2.24, 2.45) is 16.1 Å². The molecule has 0 spiro atoms. The highest BCUT2D eigenvalue weighted by Gasteiger charge is 2.27. The minimum atomic E-state index is -0.422. The van der Waals surface area contributed by atoms with E-state index in [9.17, 15) is 4.79 Å². The fourth-order valence-electron chi connectivity index (χ4n) is 2.53. The van der Waals surface area contributed by atoms with Gasteiger partial charge in [-0.1, -0.05) is 32.0 Å². The van der Waals surface area contributed by atoms with Crippen LogP contribution in [0.4, 0.5) is 23.0 Å². The minimum Gasteiger partial charge on any atom is -0.421 e. The average Bonchev–Trinajstić information content (AvgIpc) is 2.56. The van der Waals surface area contributed by atoms with Crippen molar-refractivity contribution in [1.82, 2.24) is 9.88 Å². The number of carbonyl (C=O) groups excluding carboxylic acids is 1. The Morgan fingerprint density at radius 2 is 1.77 bits per heavy atom. The lowest BCUT2D eigenvalue weighted by molar-refractivity contribution is -0.141. The average molecular weight is 356 g/mol. The van der Waals surface area contributed by atoms with E-state index in [0.717, 1.165) is 0 Å². The zero-order valence-electron chi connectivity index (χ0n) is 15.4. The van der Waals surface area contributed by atoms with Gasteiger partial charge in [0.2, 0.25) is 0 Å². The number of aromatic nitrogens is 1. The zero-order valence-corrected chi connectivity index (χ0v) is 15.4. The maximum atomic E-state index is 12.5. The molecule has 1 atom stereocenters. The number of nitrogen functional groups attached to an aromatic ring is 2. The number of nitrogens with zero attached hydrogens (tertiary/aromatic N) is 4. The molecule has 0 saturated heterocycles. The van der Waals surface area contributed by atoms with E-state index in [0.29, 0.717) is 5.69 Å². The summed E-state index contributed by atoms with van der Waals surface area (Å²) in [5.41, 5.74) is 12.6. The van der Waals surface area contributed by atoms with Gasteiger partial charge in [0.1, 0.15) is 11.7 Å². The Morgan fingerprint density at radius 3 is 2.35 bits per heavy atom. The van der Waals surface area contributed by atoms with Gasteiger partial charge in [-0.3, -0.25) is 4.90 Å². The first kappa shape index (κ1) is 19.3. The van der Waals surface area contributed by atoms with Crippen LogP contribution in [0, 0.1) is 5.92 Å². The first-order valence-electron chi connectivity index (χ1n) is 8.20. The molecule has 0 unspecified atom stereocenters. The number of ether oxygens (including phenoxy) is 1. The summed E-state index contributed by atoms with van der Waals surface area (Å²) in [7, 11) is 3.63. The molecular weight excluding hydrogens is 332 g/mol. The molecular formula is C18H24N6O2. The van der Waals surface area contributed by atoms with Crippen molar-refractivity contribution in [3.63, 3.8) is 0 Å². The summed E-state index contributed by atoms with van der Waals surface area (Å²) in [6, 6.07) is 10.2. The van der Waals surface area contributed by atoms with Gasteiger partial charge < -0.3 is 16.2 Å². The molecule has 1 aromatic carbocycles. The van der Waals surface area contributed by atoms with E-state index >= 15 is 0 Å². The third-order valence-electron chi connectivity index (χ3n) is 3.69. The van der Waals surface area contributed by atoms with E-state index in [2.05, 4.69) is 15.2 Å². The molecule has 0 fully saturated rings. The van der Waals surface area contributed by atoms with Crippen LogP contribution in [0.15, 0.2) is 46.6 Å². The fourth-order valence-corrected chi connectivity index (χ4v) is 2.53. The van der Waals surface area contributed by atoms with Crippen molar-refractivity contribution in [2.75, 3.05) is 25.6 Å². The molecule has 1 aromatic heterocycles. The largest absolute Gasteiger partial charge is 0.421 e. The number of azo groups is 1. The number of rotatable bonds is 6. The highest BCUT2D eigenvalue weighted by molar-refractivity contribution is 5.80. The first-order chi connectivity index (χ1) is 12.3. The molecule has 2 aromatic rings. The lowest BCUT2D eigenvalue weighted by Gasteiger charge is -2.25. The van der Waals surface area contributed by atoms with Crippen molar-refractivity contribution in [3.05, 3.63) is 36.4 Å². The number of esters is 1. The Balaban J connectivity index is 2.27. The molecule has 0 aliphatic rings. The van der Waals surface area contributed by atoms with Gasteiger partial charge in [0.25, 0.3) is 0 Å². The van der Waals surface area contributed by atoms with Crippen LogP contribution in [0.2, 0.25) is 0 Å². The molecule has 0 aliphatic carbocycles. The van der Waals surface area contributed by atoms with Crippen LogP contribution in [0.1, 0.15) is 13.8 Å². The molecule has 0 amide bonds. The first-order valence-corrected chi connectivity index (χ1v) is 8.20. The van der Waals surface area contributed by atoms with E-state index in [4.69, 9.17) is 16.2 Å².